The van der Waals surface area contributed by atoms with Gasteiger partial charge in [-0.25, -0.2) is 4.98 Å². The van der Waals surface area contributed by atoms with Gasteiger partial charge in [0.05, 0.1) is 46.5 Å². The Bertz CT molecular complexity index is 876. The van der Waals surface area contributed by atoms with Crippen LogP contribution in [-0.4, -0.2) is 32.4 Å². The van der Waals surface area contributed by atoms with Crippen LogP contribution in [-0.2, 0) is 16.6 Å². The molecule has 126 valence electrons. The van der Waals surface area contributed by atoms with Crippen molar-refractivity contribution >= 4 is 21.8 Å². The first-order chi connectivity index (χ1) is 11.6. The van der Waals surface area contributed by atoms with Crippen molar-refractivity contribution in [2.24, 2.45) is 0 Å². The van der Waals surface area contributed by atoms with E-state index in [-0.39, 0.29) is 11.9 Å². The number of aromatic amines is 1. The summed E-state index contributed by atoms with van der Waals surface area (Å²) in [5.74, 6) is 1.61. The summed E-state index contributed by atoms with van der Waals surface area (Å²) in [5, 5.41) is 0.416. The fourth-order valence-corrected chi connectivity index (χ4v) is 3.31. The van der Waals surface area contributed by atoms with Gasteiger partial charge in [0.2, 0.25) is 0 Å². The van der Waals surface area contributed by atoms with Gasteiger partial charge in [0.1, 0.15) is 11.5 Å². The highest BCUT2D eigenvalue weighted by atomic mass is 32.2. The van der Waals surface area contributed by atoms with Crippen LogP contribution in [0.2, 0.25) is 0 Å². The second-order valence-electron chi connectivity index (χ2n) is 5.53. The zero-order chi connectivity index (χ0) is 17.1. The van der Waals surface area contributed by atoms with E-state index in [0.29, 0.717) is 16.6 Å². The molecule has 2 heterocycles. The van der Waals surface area contributed by atoms with Crippen LogP contribution in [0.25, 0.3) is 11.0 Å². The Morgan fingerprint density at radius 1 is 1.29 bits per heavy atom. The lowest BCUT2D eigenvalue weighted by Gasteiger charge is -2.12. The zero-order valence-electron chi connectivity index (χ0n) is 13.8. The van der Waals surface area contributed by atoms with E-state index in [4.69, 9.17) is 9.47 Å². The van der Waals surface area contributed by atoms with Crippen LogP contribution in [0.5, 0.6) is 11.5 Å². The SMILES string of the molecule is COc1ccc2nc(S(=O)Cc3ncccc3OC(C)C)[nH]c2c1. The van der Waals surface area contributed by atoms with E-state index in [2.05, 4.69) is 15.0 Å². The lowest BCUT2D eigenvalue weighted by molar-refractivity contribution is 0.239. The van der Waals surface area contributed by atoms with E-state index < -0.39 is 10.8 Å². The van der Waals surface area contributed by atoms with Crippen molar-refractivity contribution in [1.29, 1.82) is 0 Å². The van der Waals surface area contributed by atoms with Gasteiger partial charge in [-0.15, -0.1) is 0 Å². The molecule has 0 radical (unpaired) electrons. The number of hydrogen-bond acceptors (Lipinski definition) is 5. The summed E-state index contributed by atoms with van der Waals surface area (Å²) in [6.45, 7) is 3.89. The highest BCUT2D eigenvalue weighted by Gasteiger charge is 2.15. The summed E-state index contributed by atoms with van der Waals surface area (Å²) in [7, 11) is 0.254. The first kappa shape index (κ1) is 16.4. The number of benzene rings is 1. The molecule has 0 saturated heterocycles. The third-order valence-electron chi connectivity index (χ3n) is 3.36. The van der Waals surface area contributed by atoms with Crippen LogP contribution in [0.15, 0.2) is 41.7 Å². The predicted molar refractivity (Wildman–Crippen MR) is 92.8 cm³/mol. The normalized spacial score (nSPS) is 12.5. The fraction of sp³-hybridized carbons (Fsp3) is 0.294. The topological polar surface area (TPSA) is 77.1 Å². The molecule has 24 heavy (non-hydrogen) atoms. The van der Waals surface area contributed by atoms with Gasteiger partial charge in [0, 0.05) is 12.3 Å². The maximum Gasteiger partial charge on any atom is 0.197 e. The van der Waals surface area contributed by atoms with Crippen molar-refractivity contribution in [2.75, 3.05) is 7.11 Å². The summed E-state index contributed by atoms with van der Waals surface area (Å²) in [5.41, 5.74) is 2.19. The number of ether oxygens (including phenoxy) is 2. The minimum atomic E-state index is -1.35. The second-order valence-corrected chi connectivity index (χ2v) is 6.90. The molecule has 1 aromatic carbocycles. The quantitative estimate of drug-likeness (QED) is 0.743. The monoisotopic (exact) mass is 345 g/mol. The Kier molecular flexibility index (Phi) is 4.80. The van der Waals surface area contributed by atoms with Crippen LogP contribution in [0, 0.1) is 0 Å². The molecule has 0 saturated carbocycles. The number of imidazole rings is 1. The first-order valence-corrected chi connectivity index (χ1v) is 8.91. The Labute approximate surface area is 142 Å². The van der Waals surface area contributed by atoms with Crippen molar-refractivity contribution in [3.63, 3.8) is 0 Å². The van der Waals surface area contributed by atoms with E-state index in [1.807, 2.05) is 38.1 Å². The molecule has 0 fully saturated rings. The molecule has 3 aromatic rings. The summed E-state index contributed by atoms with van der Waals surface area (Å²) >= 11 is 0. The minimum absolute atomic E-state index is 0.0278. The molecule has 0 aliphatic rings. The van der Waals surface area contributed by atoms with Gasteiger partial charge in [-0.3, -0.25) is 9.19 Å². The van der Waals surface area contributed by atoms with E-state index in [1.165, 1.54) is 0 Å². The minimum Gasteiger partial charge on any atom is -0.497 e. The maximum absolute atomic E-state index is 12.7. The molecular formula is C17H19N3O3S. The largest absolute Gasteiger partial charge is 0.497 e. The number of rotatable bonds is 6. The number of methoxy groups -OCH3 is 1. The van der Waals surface area contributed by atoms with Crippen LogP contribution >= 0.6 is 0 Å². The molecule has 2 aromatic heterocycles. The number of fused-ring (bicyclic) bond motifs is 1. The standard InChI is InChI=1S/C17H19N3O3S/c1-11(2)23-16-5-4-8-18-15(16)10-24(21)17-19-13-7-6-12(22-3)9-14(13)20-17/h4-9,11H,10H2,1-3H3,(H,19,20). The number of pyridine rings is 1. The van der Waals surface area contributed by atoms with Crippen LogP contribution < -0.4 is 9.47 Å². The van der Waals surface area contributed by atoms with Crippen molar-refractivity contribution in [3.8, 4) is 11.5 Å². The maximum atomic E-state index is 12.7. The summed E-state index contributed by atoms with van der Waals surface area (Å²) < 4.78 is 23.6. The number of H-pyrrole nitrogens is 1. The van der Waals surface area contributed by atoms with E-state index in [0.717, 1.165) is 16.8 Å². The average molecular weight is 345 g/mol. The Balaban J connectivity index is 1.85. The number of aromatic nitrogens is 3. The Hall–Kier alpha value is -2.41. The molecular weight excluding hydrogens is 326 g/mol. The van der Waals surface area contributed by atoms with Gasteiger partial charge in [0.25, 0.3) is 0 Å². The lowest BCUT2D eigenvalue weighted by atomic mass is 10.3. The van der Waals surface area contributed by atoms with Crippen molar-refractivity contribution in [2.45, 2.75) is 30.9 Å². The third-order valence-corrected chi connectivity index (χ3v) is 4.52. The molecule has 3 rings (SSSR count). The average Bonchev–Trinajstić information content (AvgIpc) is 2.99. The molecule has 1 unspecified atom stereocenters. The second kappa shape index (κ2) is 7.00. The summed E-state index contributed by atoms with van der Waals surface area (Å²) in [6.07, 6.45) is 1.70. The molecule has 1 atom stereocenters. The molecule has 0 aliphatic carbocycles. The lowest BCUT2D eigenvalue weighted by Crippen LogP contribution is -2.09. The van der Waals surface area contributed by atoms with E-state index >= 15 is 0 Å². The number of hydrogen-bond donors (Lipinski definition) is 1. The Morgan fingerprint density at radius 3 is 2.88 bits per heavy atom. The first-order valence-electron chi connectivity index (χ1n) is 7.59. The van der Waals surface area contributed by atoms with Gasteiger partial charge in [0.15, 0.2) is 5.16 Å². The molecule has 0 amide bonds. The van der Waals surface area contributed by atoms with Crippen molar-refractivity contribution in [3.05, 3.63) is 42.2 Å². The number of nitrogens with one attached hydrogen (secondary N) is 1. The summed E-state index contributed by atoms with van der Waals surface area (Å²) in [4.78, 5) is 11.8. The molecule has 1 N–H and O–H groups in total. The van der Waals surface area contributed by atoms with Crippen LogP contribution in [0.3, 0.4) is 0 Å². The van der Waals surface area contributed by atoms with Gasteiger partial charge in [-0.1, -0.05) is 0 Å². The fourth-order valence-electron chi connectivity index (χ4n) is 2.29. The third kappa shape index (κ3) is 3.56. The molecule has 0 spiro atoms. The molecule has 6 nitrogen and oxygen atoms in total. The smallest absolute Gasteiger partial charge is 0.197 e. The molecule has 7 heteroatoms. The van der Waals surface area contributed by atoms with E-state index in [9.17, 15) is 4.21 Å². The van der Waals surface area contributed by atoms with Crippen LogP contribution in [0.4, 0.5) is 0 Å². The van der Waals surface area contributed by atoms with Gasteiger partial charge in [-0.05, 0) is 38.1 Å². The highest BCUT2D eigenvalue weighted by molar-refractivity contribution is 7.84. The summed E-state index contributed by atoms with van der Waals surface area (Å²) in [6, 6.07) is 9.13. The highest BCUT2D eigenvalue weighted by Crippen LogP contribution is 2.23. The molecule has 0 aliphatic heterocycles. The number of nitrogens with zero attached hydrogens (tertiary/aromatic N) is 2. The van der Waals surface area contributed by atoms with Crippen molar-refractivity contribution < 1.29 is 13.7 Å². The molecule has 0 bridgehead atoms. The van der Waals surface area contributed by atoms with Gasteiger partial charge >= 0.3 is 0 Å². The van der Waals surface area contributed by atoms with Gasteiger partial charge in [-0.2, -0.15) is 0 Å². The van der Waals surface area contributed by atoms with Crippen LogP contribution in [0.1, 0.15) is 19.5 Å². The zero-order valence-corrected chi connectivity index (χ0v) is 14.6. The van der Waals surface area contributed by atoms with E-state index in [1.54, 1.807) is 19.4 Å². The van der Waals surface area contributed by atoms with Gasteiger partial charge < -0.3 is 14.5 Å². The van der Waals surface area contributed by atoms with Crippen molar-refractivity contribution in [1.82, 2.24) is 15.0 Å². The predicted octanol–water partition coefficient (Wildman–Crippen LogP) is 3.06. The Morgan fingerprint density at radius 2 is 2.12 bits per heavy atom.